The molecule has 7 heteroatoms. The number of nitrogens with zero attached hydrogens (tertiary/aromatic N) is 2. The third-order valence-corrected chi connectivity index (χ3v) is 6.42. The first-order chi connectivity index (χ1) is 16.7. The molecule has 0 spiro atoms. The van der Waals surface area contributed by atoms with E-state index in [0.29, 0.717) is 35.6 Å². The Morgan fingerprint density at radius 1 is 1.17 bits per heavy atom. The second kappa shape index (κ2) is 9.96. The zero-order chi connectivity index (χ0) is 25.3. The fourth-order valence-corrected chi connectivity index (χ4v) is 4.52. The zero-order valence-electron chi connectivity index (χ0n) is 20.9. The van der Waals surface area contributed by atoms with Crippen molar-refractivity contribution in [2.45, 2.75) is 32.2 Å². The number of carbonyl (C=O) groups is 2. The standard InChI is InChI=1S/C28H32N2O5/c1-17(2)18-10-12-19(13-11-18)24-23(26(32)28(33)30(24)15-7-14-29(3)4)25(31)22-16-20-8-6-9-21(34-5)27(20)35-22/h6,8-13,16-17,24,32H,7,14-15H2,1-5H3. The van der Waals surface area contributed by atoms with Gasteiger partial charge in [-0.3, -0.25) is 9.59 Å². The van der Waals surface area contributed by atoms with Gasteiger partial charge in [0.05, 0.1) is 18.7 Å². The number of Topliss-reactive ketones (excluding diaryl/α,β-unsaturated/α-hetero) is 1. The Labute approximate surface area is 205 Å². The van der Waals surface area contributed by atoms with Crippen molar-refractivity contribution in [2.75, 3.05) is 34.3 Å². The molecular weight excluding hydrogens is 444 g/mol. The van der Waals surface area contributed by atoms with Crippen molar-refractivity contribution in [3.05, 3.63) is 76.8 Å². The topological polar surface area (TPSA) is 83.2 Å². The molecule has 1 amide bonds. The molecule has 2 aromatic carbocycles. The summed E-state index contributed by atoms with van der Waals surface area (Å²) < 4.78 is 11.2. The second-order valence-electron chi connectivity index (χ2n) is 9.46. The Morgan fingerprint density at radius 2 is 1.89 bits per heavy atom. The number of hydrogen-bond acceptors (Lipinski definition) is 6. The van der Waals surface area contributed by atoms with Crippen LogP contribution >= 0.6 is 0 Å². The average Bonchev–Trinajstić information content (AvgIpc) is 3.38. The van der Waals surface area contributed by atoms with E-state index < -0.39 is 23.5 Å². The van der Waals surface area contributed by atoms with Crippen molar-refractivity contribution in [1.29, 1.82) is 0 Å². The van der Waals surface area contributed by atoms with Crippen molar-refractivity contribution < 1.29 is 23.8 Å². The number of para-hydroxylation sites is 1. The van der Waals surface area contributed by atoms with Crippen molar-refractivity contribution in [1.82, 2.24) is 9.80 Å². The van der Waals surface area contributed by atoms with Crippen molar-refractivity contribution in [3.8, 4) is 5.75 Å². The number of furan rings is 1. The molecule has 0 bridgehead atoms. The Morgan fingerprint density at radius 3 is 2.51 bits per heavy atom. The van der Waals surface area contributed by atoms with Crippen molar-refractivity contribution >= 4 is 22.7 Å². The number of ether oxygens (including phenoxy) is 1. The highest BCUT2D eigenvalue weighted by atomic mass is 16.5. The predicted octanol–water partition coefficient (Wildman–Crippen LogP) is 5.09. The SMILES string of the molecule is COc1cccc2cc(C(=O)C3=C(O)C(=O)N(CCCN(C)C)C3c3ccc(C(C)C)cc3)oc12. The summed E-state index contributed by atoms with van der Waals surface area (Å²) in [6.45, 7) is 5.40. The molecule has 7 nitrogen and oxygen atoms in total. The molecule has 0 fully saturated rings. The number of carbonyl (C=O) groups excluding carboxylic acids is 2. The van der Waals surface area contributed by atoms with Crippen LogP contribution in [0.3, 0.4) is 0 Å². The average molecular weight is 477 g/mol. The fraction of sp³-hybridized carbons (Fsp3) is 0.357. The summed E-state index contributed by atoms with van der Waals surface area (Å²) in [6.07, 6.45) is 0.704. The number of fused-ring (bicyclic) bond motifs is 1. The summed E-state index contributed by atoms with van der Waals surface area (Å²) >= 11 is 0. The lowest BCUT2D eigenvalue weighted by molar-refractivity contribution is -0.129. The van der Waals surface area contributed by atoms with Crippen LogP contribution in [0.4, 0.5) is 0 Å². The van der Waals surface area contributed by atoms with Crippen LogP contribution in [0.5, 0.6) is 5.75 Å². The first-order valence-electron chi connectivity index (χ1n) is 11.8. The summed E-state index contributed by atoms with van der Waals surface area (Å²) in [4.78, 5) is 30.5. The van der Waals surface area contributed by atoms with Crippen LogP contribution in [-0.2, 0) is 4.79 Å². The van der Waals surface area contributed by atoms with Gasteiger partial charge in [0, 0.05) is 11.9 Å². The molecule has 0 saturated carbocycles. The number of hydrogen-bond donors (Lipinski definition) is 1. The van der Waals surface area contributed by atoms with Gasteiger partial charge < -0.3 is 24.1 Å². The quantitative estimate of drug-likeness (QED) is 0.433. The second-order valence-corrected chi connectivity index (χ2v) is 9.46. The lowest BCUT2D eigenvalue weighted by Gasteiger charge is -2.27. The number of aliphatic hydroxyl groups is 1. The lowest BCUT2D eigenvalue weighted by atomic mass is 9.93. The third-order valence-electron chi connectivity index (χ3n) is 6.42. The number of amides is 1. The summed E-state index contributed by atoms with van der Waals surface area (Å²) in [6, 6.07) is 14.2. The van der Waals surface area contributed by atoms with E-state index >= 15 is 0 Å². The van der Waals surface area contributed by atoms with E-state index in [9.17, 15) is 14.7 Å². The Bertz CT molecular complexity index is 1270. The molecule has 1 aliphatic heterocycles. The van der Waals surface area contributed by atoms with Gasteiger partial charge >= 0.3 is 0 Å². The molecule has 0 radical (unpaired) electrons. The Kier molecular flexibility index (Phi) is 6.98. The molecule has 0 saturated heterocycles. The van der Waals surface area contributed by atoms with Crippen molar-refractivity contribution in [3.63, 3.8) is 0 Å². The van der Waals surface area contributed by atoms with Gasteiger partial charge in [-0.05, 0) is 56.2 Å². The molecule has 0 aliphatic carbocycles. The van der Waals surface area contributed by atoms with Gasteiger partial charge in [0.1, 0.15) is 0 Å². The number of rotatable bonds is 9. The highest BCUT2D eigenvalue weighted by Crippen LogP contribution is 2.40. The van der Waals surface area contributed by atoms with Crippen LogP contribution in [0.25, 0.3) is 11.0 Å². The van der Waals surface area contributed by atoms with Crippen LogP contribution in [-0.4, -0.2) is 60.9 Å². The maximum atomic E-state index is 13.7. The van der Waals surface area contributed by atoms with Crippen LogP contribution < -0.4 is 4.74 Å². The molecular formula is C28H32N2O5. The van der Waals surface area contributed by atoms with E-state index in [2.05, 4.69) is 13.8 Å². The van der Waals surface area contributed by atoms with Gasteiger partial charge in [0.15, 0.2) is 22.9 Å². The van der Waals surface area contributed by atoms with Gasteiger partial charge in [0.2, 0.25) is 5.78 Å². The van der Waals surface area contributed by atoms with Gasteiger partial charge in [-0.25, -0.2) is 0 Å². The van der Waals surface area contributed by atoms with E-state index in [1.807, 2.05) is 55.4 Å². The van der Waals surface area contributed by atoms with Gasteiger partial charge in [-0.1, -0.05) is 50.2 Å². The third kappa shape index (κ3) is 4.68. The molecule has 1 aromatic heterocycles. The summed E-state index contributed by atoms with van der Waals surface area (Å²) in [7, 11) is 5.47. The molecule has 184 valence electrons. The maximum Gasteiger partial charge on any atom is 0.290 e. The van der Waals surface area contributed by atoms with Gasteiger partial charge in [0.25, 0.3) is 5.91 Å². The van der Waals surface area contributed by atoms with Crippen LogP contribution in [0.1, 0.15) is 53.9 Å². The molecule has 35 heavy (non-hydrogen) atoms. The highest BCUT2D eigenvalue weighted by Gasteiger charge is 2.44. The summed E-state index contributed by atoms with van der Waals surface area (Å²) in [5.41, 5.74) is 2.41. The van der Waals surface area contributed by atoms with E-state index in [4.69, 9.17) is 9.15 Å². The molecule has 2 heterocycles. The lowest BCUT2D eigenvalue weighted by Crippen LogP contribution is -2.33. The zero-order valence-corrected chi connectivity index (χ0v) is 20.9. The van der Waals surface area contributed by atoms with E-state index in [1.54, 1.807) is 17.0 Å². The van der Waals surface area contributed by atoms with Crippen LogP contribution in [0.2, 0.25) is 0 Å². The van der Waals surface area contributed by atoms with E-state index in [-0.39, 0.29) is 11.3 Å². The van der Waals surface area contributed by atoms with Gasteiger partial charge in [-0.2, -0.15) is 0 Å². The van der Waals surface area contributed by atoms with Crippen LogP contribution in [0, 0.1) is 0 Å². The van der Waals surface area contributed by atoms with Crippen LogP contribution in [0.15, 0.2) is 64.3 Å². The molecule has 1 atom stereocenters. The molecule has 1 unspecified atom stereocenters. The van der Waals surface area contributed by atoms with Crippen molar-refractivity contribution in [2.24, 2.45) is 0 Å². The monoisotopic (exact) mass is 476 g/mol. The maximum absolute atomic E-state index is 13.7. The Balaban J connectivity index is 1.76. The predicted molar refractivity (Wildman–Crippen MR) is 135 cm³/mol. The smallest absolute Gasteiger partial charge is 0.290 e. The number of ketones is 1. The minimum absolute atomic E-state index is 0.0372. The molecule has 3 aromatic rings. The first kappa shape index (κ1) is 24.5. The number of aliphatic hydroxyl groups excluding tert-OH is 1. The normalized spacial score (nSPS) is 16.3. The van der Waals surface area contributed by atoms with E-state index in [0.717, 1.165) is 17.7 Å². The molecule has 4 rings (SSSR count). The molecule has 1 N–H and O–H groups in total. The number of methoxy groups -OCH3 is 1. The minimum Gasteiger partial charge on any atom is -0.503 e. The fourth-order valence-electron chi connectivity index (χ4n) is 4.52. The molecule has 1 aliphatic rings. The first-order valence-corrected chi connectivity index (χ1v) is 11.8. The minimum atomic E-state index is -0.700. The van der Waals surface area contributed by atoms with Gasteiger partial charge in [-0.15, -0.1) is 0 Å². The number of benzene rings is 2. The highest BCUT2D eigenvalue weighted by molar-refractivity contribution is 6.16. The summed E-state index contributed by atoms with van der Waals surface area (Å²) in [5, 5.41) is 11.6. The summed E-state index contributed by atoms with van der Waals surface area (Å²) in [5.74, 6) is -0.668. The Hall–Kier alpha value is -3.58. The van der Waals surface area contributed by atoms with E-state index in [1.165, 1.54) is 7.11 Å². The largest absolute Gasteiger partial charge is 0.503 e.